The molecule has 0 N–H and O–H groups in total. The topological polar surface area (TPSA) is 43.6 Å². The molecule has 0 spiro atoms. The van der Waals surface area contributed by atoms with Crippen molar-refractivity contribution in [3.8, 4) is 17.1 Å². The van der Waals surface area contributed by atoms with Crippen molar-refractivity contribution in [2.75, 3.05) is 0 Å². The summed E-state index contributed by atoms with van der Waals surface area (Å²) >= 11 is 1.24. The van der Waals surface area contributed by atoms with E-state index >= 15 is 0 Å². The summed E-state index contributed by atoms with van der Waals surface area (Å²) in [5.41, 5.74) is 5.96. The first-order valence-corrected chi connectivity index (χ1v) is 11.2. The van der Waals surface area contributed by atoms with Crippen molar-refractivity contribution >= 4 is 55.3 Å². The number of imidazole rings is 1. The Balaban J connectivity index is 1.76. The zero-order valence-electron chi connectivity index (χ0n) is 16.9. The van der Waals surface area contributed by atoms with Crippen molar-refractivity contribution in [2.45, 2.75) is 0 Å². The van der Waals surface area contributed by atoms with Gasteiger partial charge in [-0.1, -0.05) is 72.8 Å². The lowest BCUT2D eigenvalue weighted by Gasteiger charge is -2.12. The number of hydrogen-bond donors (Lipinski definition) is 0. The minimum Gasteiger partial charge on any atom is -0.292 e. The van der Waals surface area contributed by atoms with Crippen LogP contribution in [-0.4, -0.2) is 18.3 Å². The summed E-state index contributed by atoms with van der Waals surface area (Å²) in [5, 5.41) is 4.79. The van der Waals surface area contributed by atoms with E-state index in [1.807, 2.05) is 18.2 Å². The van der Waals surface area contributed by atoms with Crippen molar-refractivity contribution in [3.63, 3.8) is 0 Å². The number of para-hydroxylation sites is 1. The monoisotopic (exact) mass is 428 g/mol. The van der Waals surface area contributed by atoms with Crippen molar-refractivity contribution in [1.82, 2.24) is 18.3 Å². The highest BCUT2D eigenvalue weighted by Crippen LogP contribution is 2.40. The Labute approximate surface area is 187 Å². The first kappa shape index (κ1) is 17.6. The van der Waals surface area contributed by atoms with Gasteiger partial charge in [0.25, 0.3) is 0 Å². The fourth-order valence-electron chi connectivity index (χ4n) is 4.70. The molecule has 4 nitrogen and oxygen atoms in total. The average Bonchev–Trinajstić information content (AvgIpc) is 3.50. The molecule has 5 heteroatoms. The van der Waals surface area contributed by atoms with E-state index in [1.165, 1.54) is 27.9 Å². The van der Waals surface area contributed by atoms with Crippen LogP contribution in [0.4, 0.5) is 0 Å². The average molecular weight is 429 g/mol. The summed E-state index contributed by atoms with van der Waals surface area (Å²) in [6.07, 6.45) is 0. The van der Waals surface area contributed by atoms with Gasteiger partial charge < -0.3 is 0 Å². The normalized spacial score (nSPS) is 11.8. The standard InChI is InChI=1S/C27H16N4S/c1-2-9-17(10-3-1)31-26-21-14-7-5-12-19(21)18-11-4-6-13-20(18)25(26)28-27(31)22-15-8-16-23-24(22)30-32-29-23/h1-16H. The zero-order chi connectivity index (χ0) is 21.1. The lowest BCUT2D eigenvalue weighted by molar-refractivity contribution is 1.11. The molecule has 0 saturated heterocycles. The number of benzene rings is 5. The number of aromatic nitrogens is 4. The van der Waals surface area contributed by atoms with Gasteiger partial charge in [0.1, 0.15) is 16.9 Å². The Hall–Kier alpha value is -4.09. The van der Waals surface area contributed by atoms with Gasteiger partial charge in [-0.3, -0.25) is 4.57 Å². The maximum atomic E-state index is 5.27. The second kappa shape index (κ2) is 6.70. The first-order chi connectivity index (χ1) is 15.9. The minimum atomic E-state index is 0.881. The van der Waals surface area contributed by atoms with E-state index in [9.17, 15) is 0 Å². The number of fused-ring (bicyclic) bond motifs is 7. The van der Waals surface area contributed by atoms with Gasteiger partial charge in [-0.05, 0) is 35.0 Å². The first-order valence-electron chi connectivity index (χ1n) is 10.5. The van der Waals surface area contributed by atoms with Crippen LogP contribution in [0, 0.1) is 0 Å². The predicted octanol–water partition coefficient (Wildman–Crippen LogP) is 7.00. The van der Waals surface area contributed by atoms with E-state index in [1.54, 1.807) is 0 Å². The van der Waals surface area contributed by atoms with Crippen LogP contribution in [0.15, 0.2) is 97.1 Å². The number of nitrogens with zero attached hydrogens (tertiary/aromatic N) is 4. The van der Waals surface area contributed by atoms with Gasteiger partial charge in [-0.15, -0.1) is 0 Å². The third-order valence-electron chi connectivity index (χ3n) is 6.07. The van der Waals surface area contributed by atoms with E-state index < -0.39 is 0 Å². The number of hydrogen-bond acceptors (Lipinski definition) is 4. The lowest BCUT2D eigenvalue weighted by Crippen LogP contribution is -1.98. The summed E-state index contributed by atoms with van der Waals surface area (Å²) in [4.78, 5) is 5.27. The molecule has 0 atom stereocenters. The maximum absolute atomic E-state index is 5.27. The van der Waals surface area contributed by atoms with Crippen molar-refractivity contribution in [3.05, 3.63) is 97.1 Å². The van der Waals surface area contributed by atoms with Crippen molar-refractivity contribution in [1.29, 1.82) is 0 Å². The quantitative estimate of drug-likeness (QED) is 0.278. The molecule has 0 radical (unpaired) electrons. The van der Waals surface area contributed by atoms with E-state index in [0.29, 0.717) is 0 Å². The van der Waals surface area contributed by atoms with Crippen LogP contribution in [-0.2, 0) is 0 Å². The van der Waals surface area contributed by atoms with Crippen LogP contribution in [0.1, 0.15) is 0 Å². The van der Waals surface area contributed by atoms with Crippen molar-refractivity contribution in [2.24, 2.45) is 0 Å². The van der Waals surface area contributed by atoms with Crippen molar-refractivity contribution < 1.29 is 0 Å². The van der Waals surface area contributed by atoms with Gasteiger partial charge >= 0.3 is 0 Å². The van der Waals surface area contributed by atoms with Gasteiger partial charge in [0.2, 0.25) is 0 Å². The van der Waals surface area contributed by atoms with Gasteiger partial charge in [0.15, 0.2) is 0 Å². The highest BCUT2D eigenvalue weighted by Gasteiger charge is 2.21. The van der Waals surface area contributed by atoms with Gasteiger partial charge in [-0.2, -0.15) is 8.75 Å². The fourth-order valence-corrected chi connectivity index (χ4v) is 5.25. The molecule has 0 bridgehead atoms. The smallest absolute Gasteiger partial charge is 0.148 e. The molecule has 0 unspecified atom stereocenters. The van der Waals surface area contributed by atoms with E-state index in [-0.39, 0.29) is 0 Å². The third-order valence-corrected chi connectivity index (χ3v) is 6.62. The SMILES string of the molecule is c1ccc(-n2c(-c3cccc4nsnc34)nc3c4ccccc4c4ccccc4c32)cc1. The molecule has 7 rings (SSSR count). The maximum Gasteiger partial charge on any atom is 0.148 e. The van der Waals surface area contributed by atoms with E-state index in [0.717, 1.165) is 44.5 Å². The summed E-state index contributed by atoms with van der Waals surface area (Å²) in [5.74, 6) is 0.881. The Morgan fingerprint density at radius 1 is 0.562 bits per heavy atom. The molecule has 0 saturated carbocycles. The molecule has 0 aliphatic rings. The van der Waals surface area contributed by atoms with Crippen LogP contribution in [0.3, 0.4) is 0 Å². The molecular formula is C27H16N4S. The van der Waals surface area contributed by atoms with Crippen LogP contribution >= 0.6 is 11.7 Å². The Kier molecular flexibility index (Phi) is 3.68. The summed E-state index contributed by atoms with van der Waals surface area (Å²) < 4.78 is 11.3. The van der Waals surface area contributed by atoms with Crippen LogP contribution in [0.25, 0.3) is 60.7 Å². The van der Waals surface area contributed by atoms with Crippen LogP contribution in [0.5, 0.6) is 0 Å². The molecule has 0 aliphatic heterocycles. The molecular weight excluding hydrogens is 412 g/mol. The molecule has 150 valence electrons. The Bertz CT molecular complexity index is 1780. The highest BCUT2D eigenvalue weighted by atomic mass is 32.1. The van der Waals surface area contributed by atoms with Gasteiger partial charge in [0, 0.05) is 22.0 Å². The Morgan fingerprint density at radius 3 is 2.06 bits per heavy atom. The molecule has 7 aromatic rings. The minimum absolute atomic E-state index is 0.881. The third kappa shape index (κ3) is 2.40. The fraction of sp³-hybridized carbons (Fsp3) is 0. The number of rotatable bonds is 2. The second-order valence-electron chi connectivity index (χ2n) is 7.83. The van der Waals surface area contributed by atoms with Gasteiger partial charge in [0.05, 0.1) is 22.8 Å². The highest BCUT2D eigenvalue weighted by molar-refractivity contribution is 7.00. The molecule has 2 heterocycles. The summed E-state index contributed by atoms with van der Waals surface area (Å²) in [6, 6.07) is 33.7. The molecule has 0 fully saturated rings. The van der Waals surface area contributed by atoms with E-state index in [4.69, 9.17) is 4.98 Å². The molecule has 0 aliphatic carbocycles. The lowest BCUT2D eigenvalue weighted by atomic mass is 10.00. The largest absolute Gasteiger partial charge is 0.292 e. The molecule has 0 amide bonds. The summed E-state index contributed by atoms with van der Waals surface area (Å²) in [7, 11) is 0. The molecule has 2 aromatic heterocycles. The van der Waals surface area contributed by atoms with Crippen LogP contribution < -0.4 is 0 Å². The zero-order valence-corrected chi connectivity index (χ0v) is 17.8. The predicted molar refractivity (Wildman–Crippen MR) is 132 cm³/mol. The molecule has 32 heavy (non-hydrogen) atoms. The summed E-state index contributed by atoms with van der Waals surface area (Å²) in [6.45, 7) is 0. The van der Waals surface area contributed by atoms with Gasteiger partial charge in [-0.25, -0.2) is 4.98 Å². The Morgan fingerprint density at radius 2 is 1.25 bits per heavy atom. The molecule has 5 aromatic carbocycles. The second-order valence-corrected chi connectivity index (χ2v) is 8.36. The van der Waals surface area contributed by atoms with E-state index in [2.05, 4.69) is 92.2 Å². The van der Waals surface area contributed by atoms with Crippen LogP contribution in [0.2, 0.25) is 0 Å².